The van der Waals surface area contributed by atoms with E-state index in [-0.39, 0.29) is 36.4 Å². The van der Waals surface area contributed by atoms with Gasteiger partial charge in [-0.1, -0.05) is 58.3 Å². The van der Waals surface area contributed by atoms with Crippen molar-refractivity contribution in [2.45, 2.75) is 83.7 Å². The van der Waals surface area contributed by atoms with Crippen molar-refractivity contribution in [1.82, 2.24) is 0 Å². The Kier molecular flexibility index (Phi) is 17.0. The number of halogens is 1. The summed E-state index contributed by atoms with van der Waals surface area (Å²) in [7, 11) is 5.88. The third-order valence-electron chi connectivity index (χ3n) is 3.94. The Morgan fingerprint density at radius 2 is 1.40 bits per heavy atom. The molecule has 0 saturated carbocycles. The number of carbonyl (C=O) groups excluding carboxylic acids is 1. The van der Waals surface area contributed by atoms with Crippen LogP contribution in [0.3, 0.4) is 0 Å². The van der Waals surface area contributed by atoms with Crippen LogP contribution in [-0.4, -0.2) is 55.3 Å². The molecule has 0 rings (SSSR count). The zero-order valence-electron chi connectivity index (χ0n) is 16.6. The summed E-state index contributed by atoms with van der Waals surface area (Å²) < 4.78 is 5.95. The summed E-state index contributed by atoms with van der Waals surface area (Å²) in [5.41, 5.74) is 0. The molecule has 6 heteroatoms. The Balaban J connectivity index is 0. The molecule has 150 valence electrons. The molecule has 1 N–H and O–H groups in total. The summed E-state index contributed by atoms with van der Waals surface area (Å²) in [5, 5.41) is 8.95. The maximum atomic E-state index is 11.9. The molecule has 25 heavy (non-hydrogen) atoms. The molecule has 0 fully saturated rings. The molecule has 0 spiro atoms. The van der Waals surface area contributed by atoms with Gasteiger partial charge in [0.05, 0.1) is 27.6 Å². The first-order valence-electron chi connectivity index (χ1n) is 9.46. The number of nitrogens with zero attached hydrogens (tertiary/aromatic N) is 1. The van der Waals surface area contributed by atoms with E-state index in [1.807, 2.05) is 21.1 Å². The predicted octanol–water partition coefficient (Wildman–Crippen LogP) is 1.00. The topological polar surface area (TPSA) is 63.6 Å². The summed E-state index contributed by atoms with van der Waals surface area (Å²) in [6.07, 6.45) is 10.5. The lowest BCUT2D eigenvalue weighted by molar-refractivity contribution is -0.873. The average Bonchev–Trinajstić information content (AvgIpc) is 2.42. The van der Waals surface area contributed by atoms with E-state index in [1.165, 1.54) is 38.5 Å². The van der Waals surface area contributed by atoms with Crippen LogP contribution >= 0.6 is 0 Å². The number of ether oxygens (including phenoxy) is 1. The first-order valence-corrected chi connectivity index (χ1v) is 9.46. The lowest BCUT2D eigenvalue weighted by Crippen LogP contribution is -3.00. The monoisotopic (exact) mass is 471 g/mol. The molecule has 0 aromatic heterocycles. The molecule has 0 amide bonds. The van der Waals surface area contributed by atoms with Crippen LogP contribution in [0, 0.1) is 0 Å². The van der Waals surface area contributed by atoms with Crippen LogP contribution in [0.1, 0.15) is 77.6 Å². The van der Waals surface area contributed by atoms with E-state index in [0.29, 0.717) is 17.4 Å². The molecule has 0 radical (unpaired) electrons. The SMILES string of the molecule is CCCCCCCCCCCC(=O)OC(CC(=O)O)C[N+](C)(C)C.[I-]. The van der Waals surface area contributed by atoms with Gasteiger partial charge >= 0.3 is 11.9 Å². The number of hydrogen-bond acceptors (Lipinski definition) is 3. The molecular formula is C19H38INO4. The minimum Gasteiger partial charge on any atom is -1.00 e. The summed E-state index contributed by atoms with van der Waals surface area (Å²) in [4.78, 5) is 22.8. The van der Waals surface area contributed by atoms with Crippen LogP contribution < -0.4 is 24.0 Å². The molecule has 5 nitrogen and oxygen atoms in total. The molecule has 0 heterocycles. The minimum absolute atomic E-state index is 0. The molecule has 0 saturated heterocycles. The van der Waals surface area contributed by atoms with Crippen molar-refractivity contribution in [3.63, 3.8) is 0 Å². The van der Waals surface area contributed by atoms with Crippen LogP contribution in [0.5, 0.6) is 0 Å². The zero-order chi connectivity index (χ0) is 18.4. The molecule has 1 atom stereocenters. The van der Waals surface area contributed by atoms with E-state index < -0.39 is 12.1 Å². The Hall–Kier alpha value is -0.370. The van der Waals surface area contributed by atoms with E-state index in [9.17, 15) is 9.59 Å². The normalized spacial score (nSPS) is 12.3. The standard InChI is InChI=1S/C19H37NO4.HI/c1-5-6-7-8-9-10-11-12-13-14-19(23)24-17(15-18(21)22)16-20(2,3)4;/h17H,5-16H2,1-4H3;1H. The highest BCUT2D eigenvalue weighted by Gasteiger charge is 2.24. The van der Waals surface area contributed by atoms with Crippen LogP contribution in [0.15, 0.2) is 0 Å². The second-order valence-electron chi connectivity index (χ2n) is 7.76. The number of carboxylic acid groups (broad SMARTS) is 1. The highest BCUT2D eigenvalue weighted by Crippen LogP contribution is 2.12. The van der Waals surface area contributed by atoms with Gasteiger partial charge in [-0.15, -0.1) is 0 Å². The number of carbonyl (C=O) groups is 2. The fourth-order valence-corrected chi connectivity index (χ4v) is 2.77. The number of rotatable bonds is 15. The first-order chi connectivity index (χ1) is 11.2. The maximum Gasteiger partial charge on any atom is 0.307 e. The van der Waals surface area contributed by atoms with E-state index in [1.54, 1.807) is 0 Å². The molecule has 0 aromatic carbocycles. The summed E-state index contributed by atoms with van der Waals surface area (Å²) in [5.74, 6) is -1.19. The zero-order valence-corrected chi connectivity index (χ0v) is 18.7. The lowest BCUT2D eigenvalue weighted by atomic mass is 10.1. The van der Waals surface area contributed by atoms with Crippen molar-refractivity contribution in [3.05, 3.63) is 0 Å². The van der Waals surface area contributed by atoms with Crippen LogP contribution in [0.25, 0.3) is 0 Å². The molecule has 0 aliphatic heterocycles. The number of hydrogen-bond donors (Lipinski definition) is 1. The van der Waals surface area contributed by atoms with E-state index >= 15 is 0 Å². The van der Waals surface area contributed by atoms with Crippen molar-refractivity contribution in [1.29, 1.82) is 0 Å². The van der Waals surface area contributed by atoms with Crippen molar-refractivity contribution in [3.8, 4) is 0 Å². The van der Waals surface area contributed by atoms with Crippen LogP contribution in [0.4, 0.5) is 0 Å². The van der Waals surface area contributed by atoms with Crippen molar-refractivity contribution >= 4 is 11.9 Å². The first kappa shape index (κ1) is 26.9. The van der Waals surface area contributed by atoms with Gasteiger partial charge in [-0.05, 0) is 6.42 Å². The van der Waals surface area contributed by atoms with Crippen molar-refractivity contribution in [2.75, 3.05) is 27.7 Å². The van der Waals surface area contributed by atoms with E-state index in [4.69, 9.17) is 9.84 Å². The number of aliphatic carboxylic acids is 1. The van der Waals surface area contributed by atoms with Crippen LogP contribution in [-0.2, 0) is 14.3 Å². The Morgan fingerprint density at radius 1 is 0.920 bits per heavy atom. The largest absolute Gasteiger partial charge is 1.00 e. The average molecular weight is 471 g/mol. The van der Waals surface area contributed by atoms with Gasteiger partial charge in [0.25, 0.3) is 0 Å². The Morgan fingerprint density at radius 3 is 1.84 bits per heavy atom. The van der Waals surface area contributed by atoms with Gasteiger partial charge in [-0.3, -0.25) is 9.59 Å². The van der Waals surface area contributed by atoms with Crippen molar-refractivity contribution in [2.24, 2.45) is 0 Å². The van der Waals surface area contributed by atoms with Gasteiger partial charge in [-0.2, -0.15) is 0 Å². The molecule has 1 unspecified atom stereocenters. The van der Waals surface area contributed by atoms with Gasteiger partial charge < -0.3 is 38.3 Å². The highest BCUT2D eigenvalue weighted by molar-refractivity contribution is 5.71. The number of carboxylic acids is 1. The highest BCUT2D eigenvalue weighted by atomic mass is 127. The Bertz CT molecular complexity index is 356. The smallest absolute Gasteiger partial charge is 0.307 e. The van der Waals surface area contributed by atoms with Gasteiger partial charge in [0.1, 0.15) is 6.54 Å². The second kappa shape index (κ2) is 15.9. The molecular weight excluding hydrogens is 433 g/mol. The summed E-state index contributed by atoms with van der Waals surface area (Å²) in [6, 6.07) is 0. The summed E-state index contributed by atoms with van der Waals surface area (Å²) in [6.45, 7) is 2.73. The molecule has 0 bridgehead atoms. The Labute approximate surface area is 171 Å². The van der Waals surface area contributed by atoms with Gasteiger partial charge in [0, 0.05) is 6.42 Å². The number of likely N-dealkylation sites (N-methyl/N-ethyl adjacent to an activating group) is 1. The van der Waals surface area contributed by atoms with E-state index in [0.717, 1.165) is 19.3 Å². The lowest BCUT2D eigenvalue weighted by Gasteiger charge is -2.28. The maximum absolute atomic E-state index is 11.9. The number of esters is 1. The molecule has 0 aliphatic carbocycles. The van der Waals surface area contributed by atoms with Crippen LogP contribution in [0.2, 0.25) is 0 Å². The number of quaternary nitrogens is 1. The van der Waals surface area contributed by atoms with Crippen molar-refractivity contribution < 1.29 is 47.9 Å². The molecule has 0 aliphatic rings. The third-order valence-corrected chi connectivity index (χ3v) is 3.94. The molecule has 0 aromatic rings. The van der Waals surface area contributed by atoms with Gasteiger partial charge in [-0.25, -0.2) is 0 Å². The quantitative estimate of drug-likeness (QED) is 0.168. The summed E-state index contributed by atoms with van der Waals surface area (Å²) >= 11 is 0. The fourth-order valence-electron chi connectivity index (χ4n) is 2.77. The predicted molar refractivity (Wildman–Crippen MR) is 96.9 cm³/mol. The fraction of sp³-hybridized carbons (Fsp3) is 0.895. The van der Waals surface area contributed by atoms with E-state index in [2.05, 4.69) is 6.92 Å². The second-order valence-corrected chi connectivity index (χ2v) is 7.76. The third kappa shape index (κ3) is 19.8. The van der Waals surface area contributed by atoms with Gasteiger partial charge in [0.2, 0.25) is 0 Å². The minimum atomic E-state index is -0.927. The van der Waals surface area contributed by atoms with Gasteiger partial charge in [0.15, 0.2) is 6.10 Å². The number of unbranched alkanes of at least 4 members (excludes halogenated alkanes) is 8.